The summed E-state index contributed by atoms with van der Waals surface area (Å²) in [6, 6.07) is 8.30. The molecule has 2 nitrogen and oxygen atoms in total. The molecule has 1 atom stereocenters. The largest absolute Gasteiger partial charge is 0.362 e. The summed E-state index contributed by atoms with van der Waals surface area (Å²) in [5, 5.41) is 0. The lowest BCUT2D eigenvalue weighted by Gasteiger charge is -2.30. The molecule has 0 amide bonds. The summed E-state index contributed by atoms with van der Waals surface area (Å²) < 4.78 is 5.35. The number of ether oxygens (including phenoxy) is 1. The summed E-state index contributed by atoms with van der Waals surface area (Å²) in [7, 11) is 1.72. The number of rotatable bonds is 5. The van der Waals surface area contributed by atoms with Crippen molar-refractivity contribution in [2.75, 3.05) is 18.6 Å². The van der Waals surface area contributed by atoms with Gasteiger partial charge in [-0.25, -0.2) is 0 Å². The summed E-state index contributed by atoms with van der Waals surface area (Å²) in [5.41, 5.74) is 2.45. The van der Waals surface area contributed by atoms with E-state index in [0.29, 0.717) is 0 Å². The van der Waals surface area contributed by atoms with Gasteiger partial charge in [-0.2, -0.15) is 0 Å². The number of aryl methyl sites for hydroxylation is 1. The number of hydrogen-bond acceptors (Lipinski definition) is 2. The molecule has 1 unspecified atom stereocenters. The standard InChI is InChI=1S/C13H19NO/c1-5-10-14(12(3)15-4)13-9-7-6-8-11(13)2/h5-9,12H,1,10H2,2-4H3. The molecule has 2 heteroatoms. The quantitative estimate of drug-likeness (QED) is 0.541. The van der Waals surface area contributed by atoms with Crippen LogP contribution in [0.5, 0.6) is 0 Å². The second-order valence-corrected chi connectivity index (χ2v) is 3.56. The average Bonchev–Trinajstić information content (AvgIpc) is 2.26. The van der Waals surface area contributed by atoms with Crippen molar-refractivity contribution in [3.8, 4) is 0 Å². The van der Waals surface area contributed by atoms with E-state index in [-0.39, 0.29) is 6.23 Å². The Balaban J connectivity index is 2.98. The van der Waals surface area contributed by atoms with E-state index in [0.717, 1.165) is 6.54 Å². The molecular formula is C13H19NO. The zero-order valence-electron chi connectivity index (χ0n) is 9.73. The van der Waals surface area contributed by atoms with Crippen LogP contribution in [-0.2, 0) is 4.74 Å². The minimum Gasteiger partial charge on any atom is -0.362 e. The third-order valence-corrected chi connectivity index (χ3v) is 2.53. The lowest BCUT2D eigenvalue weighted by Crippen LogP contribution is -2.34. The molecule has 0 fully saturated rings. The number of para-hydroxylation sites is 1. The Bertz CT molecular complexity index is 322. The highest BCUT2D eigenvalue weighted by molar-refractivity contribution is 5.53. The summed E-state index contributed by atoms with van der Waals surface area (Å²) in [4.78, 5) is 2.18. The minimum absolute atomic E-state index is 0.0594. The van der Waals surface area contributed by atoms with E-state index >= 15 is 0 Å². The zero-order valence-corrected chi connectivity index (χ0v) is 9.73. The van der Waals surface area contributed by atoms with E-state index in [2.05, 4.69) is 30.5 Å². The van der Waals surface area contributed by atoms with Gasteiger partial charge in [-0.15, -0.1) is 6.58 Å². The Labute approximate surface area is 92.2 Å². The maximum absolute atomic E-state index is 5.35. The minimum atomic E-state index is 0.0594. The van der Waals surface area contributed by atoms with E-state index in [1.54, 1.807) is 7.11 Å². The Kier molecular flexibility index (Phi) is 4.37. The third-order valence-electron chi connectivity index (χ3n) is 2.53. The van der Waals surface area contributed by atoms with Gasteiger partial charge in [0.05, 0.1) is 0 Å². The molecule has 0 saturated heterocycles. The first-order valence-corrected chi connectivity index (χ1v) is 5.16. The van der Waals surface area contributed by atoms with Gasteiger partial charge < -0.3 is 9.64 Å². The molecule has 1 aromatic carbocycles. The number of nitrogens with zero attached hydrogens (tertiary/aromatic N) is 1. The molecule has 1 aromatic rings. The van der Waals surface area contributed by atoms with E-state index in [4.69, 9.17) is 4.74 Å². The van der Waals surface area contributed by atoms with Gasteiger partial charge in [0.15, 0.2) is 0 Å². The molecule has 0 aliphatic rings. The van der Waals surface area contributed by atoms with Crippen LogP contribution in [0.4, 0.5) is 5.69 Å². The van der Waals surface area contributed by atoms with Crippen molar-refractivity contribution in [3.05, 3.63) is 42.5 Å². The predicted molar refractivity (Wildman–Crippen MR) is 65.2 cm³/mol. The van der Waals surface area contributed by atoms with Gasteiger partial charge >= 0.3 is 0 Å². The van der Waals surface area contributed by atoms with E-state index in [1.165, 1.54) is 11.3 Å². The third kappa shape index (κ3) is 2.83. The molecule has 82 valence electrons. The van der Waals surface area contributed by atoms with Crippen LogP contribution in [0.15, 0.2) is 36.9 Å². The Morgan fingerprint density at radius 1 is 1.47 bits per heavy atom. The molecule has 0 aromatic heterocycles. The summed E-state index contributed by atoms with van der Waals surface area (Å²) in [5.74, 6) is 0. The monoisotopic (exact) mass is 205 g/mol. The average molecular weight is 205 g/mol. The van der Waals surface area contributed by atoms with Gasteiger partial charge in [0.1, 0.15) is 6.23 Å². The molecule has 0 saturated carbocycles. The van der Waals surface area contributed by atoms with Crippen LogP contribution >= 0.6 is 0 Å². The molecule has 0 radical (unpaired) electrons. The second kappa shape index (κ2) is 5.56. The number of benzene rings is 1. The van der Waals surface area contributed by atoms with Crippen molar-refractivity contribution in [2.24, 2.45) is 0 Å². The van der Waals surface area contributed by atoms with Crippen molar-refractivity contribution in [3.63, 3.8) is 0 Å². The zero-order chi connectivity index (χ0) is 11.3. The highest BCUT2D eigenvalue weighted by Gasteiger charge is 2.13. The van der Waals surface area contributed by atoms with E-state index in [9.17, 15) is 0 Å². The lowest BCUT2D eigenvalue weighted by atomic mass is 10.2. The van der Waals surface area contributed by atoms with Crippen molar-refractivity contribution in [1.82, 2.24) is 0 Å². The first-order valence-electron chi connectivity index (χ1n) is 5.16. The number of methoxy groups -OCH3 is 1. The van der Waals surface area contributed by atoms with Gasteiger partial charge in [-0.1, -0.05) is 24.3 Å². The second-order valence-electron chi connectivity index (χ2n) is 3.56. The molecule has 0 bridgehead atoms. The van der Waals surface area contributed by atoms with Crippen LogP contribution in [0.3, 0.4) is 0 Å². The number of hydrogen-bond donors (Lipinski definition) is 0. The molecule has 1 rings (SSSR count). The van der Waals surface area contributed by atoms with Gasteiger partial charge in [0.25, 0.3) is 0 Å². The van der Waals surface area contributed by atoms with Gasteiger partial charge in [0, 0.05) is 19.3 Å². The Hall–Kier alpha value is -1.28. The molecule has 0 aliphatic heterocycles. The first kappa shape index (κ1) is 11.8. The first-order chi connectivity index (χ1) is 7.20. The Morgan fingerprint density at radius 3 is 2.67 bits per heavy atom. The highest BCUT2D eigenvalue weighted by atomic mass is 16.5. The molecule has 0 aliphatic carbocycles. The topological polar surface area (TPSA) is 12.5 Å². The van der Waals surface area contributed by atoms with Gasteiger partial charge in [0.2, 0.25) is 0 Å². The van der Waals surface area contributed by atoms with Crippen LogP contribution in [-0.4, -0.2) is 19.9 Å². The fourth-order valence-corrected chi connectivity index (χ4v) is 1.59. The number of anilines is 1. The van der Waals surface area contributed by atoms with Crippen LogP contribution in [0.25, 0.3) is 0 Å². The molecule has 0 N–H and O–H groups in total. The predicted octanol–water partition coefficient (Wildman–Crippen LogP) is 2.98. The molecular weight excluding hydrogens is 186 g/mol. The summed E-state index contributed by atoms with van der Waals surface area (Å²) in [6.07, 6.45) is 1.95. The van der Waals surface area contributed by atoms with Gasteiger partial charge in [-0.05, 0) is 25.5 Å². The van der Waals surface area contributed by atoms with E-state index in [1.807, 2.05) is 25.1 Å². The van der Waals surface area contributed by atoms with Crippen molar-refractivity contribution >= 4 is 5.69 Å². The van der Waals surface area contributed by atoms with Crippen LogP contribution in [0, 0.1) is 6.92 Å². The van der Waals surface area contributed by atoms with Crippen LogP contribution in [0.1, 0.15) is 12.5 Å². The Morgan fingerprint density at radius 2 is 2.13 bits per heavy atom. The van der Waals surface area contributed by atoms with Crippen LogP contribution < -0.4 is 4.90 Å². The SMILES string of the molecule is C=CCN(c1ccccc1C)C(C)OC. The maximum atomic E-state index is 5.35. The summed E-state index contributed by atoms with van der Waals surface area (Å²) >= 11 is 0. The van der Waals surface area contributed by atoms with E-state index < -0.39 is 0 Å². The fourth-order valence-electron chi connectivity index (χ4n) is 1.59. The van der Waals surface area contributed by atoms with Crippen LogP contribution in [0.2, 0.25) is 0 Å². The lowest BCUT2D eigenvalue weighted by molar-refractivity contribution is 0.116. The molecule has 0 spiro atoms. The highest BCUT2D eigenvalue weighted by Crippen LogP contribution is 2.21. The summed E-state index contributed by atoms with van der Waals surface area (Å²) in [6.45, 7) is 8.71. The smallest absolute Gasteiger partial charge is 0.127 e. The normalized spacial score (nSPS) is 12.2. The van der Waals surface area contributed by atoms with Crippen molar-refractivity contribution in [1.29, 1.82) is 0 Å². The molecule has 0 heterocycles. The van der Waals surface area contributed by atoms with Crippen molar-refractivity contribution in [2.45, 2.75) is 20.1 Å². The maximum Gasteiger partial charge on any atom is 0.127 e. The van der Waals surface area contributed by atoms with Crippen molar-refractivity contribution < 1.29 is 4.74 Å². The fraction of sp³-hybridized carbons (Fsp3) is 0.385. The van der Waals surface area contributed by atoms with Gasteiger partial charge in [-0.3, -0.25) is 0 Å². The molecule has 15 heavy (non-hydrogen) atoms.